The molecule has 0 amide bonds. The third kappa shape index (κ3) is 5.21. The van der Waals surface area contributed by atoms with Crippen molar-refractivity contribution in [2.24, 2.45) is 0 Å². The Labute approximate surface area is 106 Å². The first kappa shape index (κ1) is 14.7. The first-order valence-corrected chi connectivity index (χ1v) is 8.21. The predicted molar refractivity (Wildman–Crippen MR) is 72.9 cm³/mol. The van der Waals surface area contributed by atoms with Crippen LogP contribution in [0.1, 0.15) is 46.5 Å². The summed E-state index contributed by atoms with van der Waals surface area (Å²) >= 11 is 0. The Morgan fingerprint density at radius 1 is 1.47 bits per heavy atom. The molecule has 1 fully saturated rings. The zero-order valence-electron chi connectivity index (χ0n) is 11.2. The van der Waals surface area contributed by atoms with E-state index in [1.807, 2.05) is 0 Å². The van der Waals surface area contributed by atoms with E-state index in [4.69, 9.17) is 0 Å². The number of nitrogens with one attached hydrogen (secondary N) is 1. The Balaban J connectivity index is 2.24. The lowest BCUT2D eigenvalue weighted by atomic mass is 10.1. The minimum atomic E-state index is -2.79. The smallest absolute Gasteiger partial charge is 0.154 e. The highest BCUT2D eigenvalue weighted by Gasteiger charge is 2.30. The molecule has 100 valence electrons. The molecule has 4 heteroatoms. The van der Waals surface area contributed by atoms with Gasteiger partial charge in [0.1, 0.15) is 0 Å². The number of rotatable bonds is 6. The average molecular weight is 259 g/mol. The van der Waals surface area contributed by atoms with Crippen LogP contribution < -0.4 is 5.32 Å². The van der Waals surface area contributed by atoms with Crippen molar-refractivity contribution in [2.45, 2.75) is 57.7 Å². The van der Waals surface area contributed by atoms with Crippen LogP contribution in [-0.4, -0.2) is 32.0 Å². The molecule has 0 saturated carbocycles. The van der Waals surface area contributed by atoms with E-state index in [0.717, 1.165) is 25.7 Å². The molecule has 0 spiro atoms. The molecular weight excluding hydrogens is 234 g/mol. The molecule has 0 aromatic rings. The molecule has 0 radical (unpaired) electrons. The van der Waals surface area contributed by atoms with Gasteiger partial charge in [-0.2, -0.15) is 0 Å². The highest BCUT2D eigenvalue weighted by molar-refractivity contribution is 7.92. The topological polar surface area (TPSA) is 46.2 Å². The summed E-state index contributed by atoms with van der Waals surface area (Å²) in [6.07, 6.45) is 6.02. The number of allylic oxidation sites excluding steroid dienone is 2. The van der Waals surface area contributed by atoms with Crippen molar-refractivity contribution in [3.63, 3.8) is 0 Å². The molecule has 1 aliphatic heterocycles. The molecule has 2 atom stereocenters. The van der Waals surface area contributed by atoms with Crippen LogP contribution in [0.5, 0.6) is 0 Å². The van der Waals surface area contributed by atoms with Gasteiger partial charge in [-0.15, -0.1) is 0 Å². The standard InChI is InChI=1S/C13H25NO2S/c1-11(2)6-4-7-12(3)14-10-13-8-5-9-17(13,15)16/h6,12-14H,4-5,7-10H2,1-3H3/t12-,13+/m1/s1. The molecule has 0 unspecified atom stereocenters. The van der Waals surface area contributed by atoms with Crippen molar-refractivity contribution in [1.29, 1.82) is 0 Å². The molecule has 0 bridgehead atoms. The maximum Gasteiger partial charge on any atom is 0.154 e. The Morgan fingerprint density at radius 3 is 2.71 bits per heavy atom. The van der Waals surface area contributed by atoms with E-state index in [2.05, 4.69) is 32.2 Å². The van der Waals surface area contributed by atoms with Crippen molar-refractivity contribution in [3.05, 3.63) is 11.6 Å². The Bertz CT molecular complexity index is 356. The van der Waals surface area contributed by atoms with E-state index in [1.165, 1.54) is 5.57 Å². The van der Waals surface area contributed by atoms with Crippen LogP contribution in [0, 0.1) is 0 Å². The van der Waals surface area contributed by atoms with Crippen LogP contribution in [0.2, 0.25) is 0 Å². The first-order valence-electron chi connectivity index (χ1n) is 6.50. The van der Waals surface area contributed by atoms with E-state index in [-0.39, 0.29) is 5.25 Å². The second-order valence-electron chi connectivity index (χ2n) is 5.30. The van der Waals surface area contributed by atoms with Crippen LogP contribution in [0.25, 0.3) is 0 Å². The summed E-state index contributed by atoms with van der Waals surface area (Å²) in [5, 5.41) is 3.20. The number of hydrogen-bond acceptors (Lipinski definition) is 3. The predicted octanol–water partition coefficient (Wildman–Crippen LogP) is 2.29. The van der Waals surface area contributed by atoms with Crippen molar-refractivity contribution >= 4 is 9.84 Å². The zero-order valence-corrected chi connectivity index (χ0v) is 12.0. The SMILES string of the molecule is CC(C)=CCC[C@@H](C)NC[C@@H]1CCCS1(=O)=O. The molecule has 1 N–H and O–H groups in total. The Morgan fingerprint density at radius 2 is 2.18 bits per heavy atom. The van der Waals surface area contributed by atoms with Gasteiger partial charge >= 0.3 is 0 Å². The lowest BCUT2D eigenvalue weighted by Crippen LogP contribution is -2.35. The normalized spacial score (nSPS) is 24.5. The zero-order chi connectivity index (χ0) is 12.9. The molecule has 1 heterocycles. The van der Waals surface area contributed by atoms with E-state index in [1.54, 1.807) is 0 Å². The molecule has 1 aliphatic rings. The van der Waals surface area contributed by atoms with Gasteiger partial charge in [0.25, 0.3) is 0 Å². The van der Waals surface area contributed by atoms with E-state index < -0.39 is 9.84 Å². The van der Waals surface area contributed by atoms with E-state index in [9.17, 15) is 8.42 Å². The summed E-state index contributed by atoms with van der Waals surface area (Å²) in [4.78, 5) is 0. The average Bonchev–Trinajstić information content (AvgIpc) is 2.54. The van der Waals surface area contributed by atoms with Crippen LogP contribution >= 0.6 is 0 Å². The molecule has 1 rings (SSSR count). The van der Waals surface area contributed by atoms with Gasteiger partial charge in [-0.25, -0.2) is 8.42 Å². The minimum Gasteiger partial charge on any atom is -0.313 e. The van der Waals surface area contributed by atoms with Gasteiger partial charge in [0, 0.05) is 12.6 Å². The van der Waals surface area contributed by atoms with Gasteiger partial charge in [0.2, 0.25) is 0 Å². The van der Waals surface area contributed by atoms with E-state index >= 15 is 0 Å². The fourth-order valence-corrected chi connectivity index (χ4v) is 3.92. The van der Waals surface area contributed by atoms with Crippen LogP contribution in [0.4, 0.5) is 0 Å². The summed E-state index contributed by atoms with van der Waals surface area (Å²) < 4.78 is 23.3. The fourth-order valence-electron chi connectivity index (χ4n) is 2.14. The number of sulfone groups is 1. The Hall–Kier alpha value is -0.350. The summed E-state index contributed by atoms with van der Waals surface area (Å²) in [6.45, 7) is 6.95. The highest BCUT2D eigenvalue weighted by atomic mass is 32.2. The van der Waals surface area contributed by atoms with Gasteiger partial charge in [0.15, 0.2) is 9.84 Å². The summed E-state index contributed by atoms with van der Waals surface area (Å²) in [6, 6.07) is 0.390. The number of hydrogen-bond donors (Lipinski definition) is 1. The third-order valence-electron chi connectivity index (χ3n) is 3.31. The van der Waals surface area contributed by atoms with Crippen LogP contribution in [-0.2, 0) is 9.84 Å². The molecule has 1 saturated heterocycles. The largest absolute Gasteiger partial charge is 0.313 e. The van der Waals surface area contributed by atoms with Gasteiger partial charge in [-0.05, 0) is 46.5 Å². The lowest BCUT2D eigenvalue weighted by Gasteiger charge is -2.16. The second kappa shape index (κ2) is 6.55. The second-order valence-corrected chi connectivity index (χ2v) is 7.70. The van der Waals surface area contributed by atoms with Crippen molar-refractivity contribution < 1.29 is 8.42 Å². The van der Waals surface area contributed by atoms with Crippen molar-refractivity contribution in [2.75, 3.05) is 12.3 Å². The summed E-state index contributed by atoms with van der Waals surface area (Å²) in [5.41, 5.74) is 1.34. The van der Waals surface area contributed by atoms with Crippen LogP contribution in [0.3, 0.4) is 0 Å². The van der Waals surface area contributed by atoms with Gasteiger partial charge in [-0.3, -0.25) is 0 Å². The monoisotopic (exact) mass is 259 g/mol. The molecule has 3 nitrogen and oxygen atoms in total. The van der Waals surface area contributed by atoms with Gasteiger partial charge < -0.3 is 5.32 Å². The molecular formula is C13H25NO2S. The van der Waals surface area contributed by atoms with Crippen LogP contribution in [0.15, 0.2) is 11.6 Å². The summed E-state index contributed by atoms with van der Waals surface area (Å²) in [7, 11) is -2.79. The van der Waals surface area contributed by atoms with Gasteiger partial charge in [-0.1, -0.05) is 11.6 Å². The quantitative estimate of drug-likeness (QED) is 0.744. The Kier molecular flexibility index (Phi) is 5.67. The maximum atomic E-state index is 11.6. The van der Waals surface area contributed by atoms with Crippen molar-refractivity contribution in [1.82, 2.24) is 5.32 Å². The highest BCUT2D eigenvalue weighted by Crippen LogP contribution is 2.19. The maximum absolute atomic E-state index is 11.6. The fraction of sp³-hybridized carbons (Fsp3) is 0.846. The first-order chi connectivity index (χ1) is 7.92. The lowest BCUT2D eigenvalue weighted by molar-refractivity contribution is 0.502. The minimum absolute atomic E-state index is 0.145. The van der Waals surface area contributed by atoms with Gasteiger partial charge in [0.05, 0.1) is 11.0 Å². The molecule has 0 aromatic carbocycles. The third-order valence-corrected chi connectivity index (χ3v) is 5.58. The summed E-state index contributed by atoms with van der Waals surface area (Å²) in [5.74, 6) is 0.380. The van der Waals surface area contributed by atoms with Crippen molar-refractivity contribution in [3.8, 4) is 0 Å². The molecule has 0 aliphatic carbocycles. The van der Waals surface area contributed by atoms with E-state index in [0.29, 0.717) is 18.3 Å². The molecule has 17 heavy (non-hydrogen) atoms. The molecule has 0 aromatic heterocycles.